The Labute approximate surface area is 153 Å². The second-order valence-electron chi connectivity index (χ2n) is 5.71. The molecule has 0 radical (unpaired) electrons. The molecule has 0 saturated carbocycles. The van der Waals surface area contributed by atoms with E-state index in [4.69, 9.17) is 0 Å². The molecule has 0 spiro atoms. The number of amides is 1. The molecular weight excluding hydrogens is 354 g/mol. The van der Waals surface area contributed by atoms with Gasteiger partial charge in [0.1, 0.15) is 0 Å². The number of aryl methyl sites for hydroxylation is 1. The number of carbonyl (C=O) groups excluding carboxylic acids is 1. The van der Waals surface area contributed by atoms with Crippen molar-refractivity contribution < 1.29 is 14.8 Å². The highest BCUT2D eigenvalue weighted by molar-refractivity contribution is 8.18. The van der Waals surface area contributed by atoms with Crippen molar-refractivity contribution in [2.75, 3.05) is 0 Å². The summed E-state index contributed by atoms with van der Waals surface area (Å²) < 4.78 is 0. The number of benzene rings is 2. The van der Waals surface area contributed by atoms with E-state index in [1.165, 1.54) is 24.3 Å². The zero-order valence-electron chi connectivity index (χ0n) is 14.0. The summed E-state index contributed by atoms with van der Waals surface area (Å²) in [5.41, 5.74) is 2.94. The van der Waals surface area contributed by atoms with Crippen molar-refractivity contribution in [3.63, 3.8) is 0 Å². The van der Waals surface area contributed by atoms with Crippen LogP contribution in [0.5, 0.6) is 5.75 Å². The van der Waals surface area contributed by atoms with E-state index < -0.39 is 16.4 Å². The van der Waals surface area contributed by atoms with Crippen LogP contribution in [0.4, 0.5) is 11.4 Å². The number of hydrogen-bond donors (Lipinski definition) is 2. The van der Waals surface area contributed by atoms with Gasteiger partial charge in [-0.2, -0.15) is 0 Å². The van der Waals surface area contributed by atoms with Crippen LogP contribution in [0.1, 0.15) is 16.7 Å². The van der Waals surface area contributed by atoms with Gasteiger partial charge < -0.3 is 10.4 Å². The summed E-state index contributed by atoms with van der Waals surface area (Å²) in [7, 11) is 0. The lowest BCUT2D eigenvalue weighted by molar-refractivity contribution is -0.385. The lowest BCUT2D eigenvalue weighted by atomic mass is 10.1. The number of thioether (sulfide) groups is 1. The molecule has 2 N–H and O–H groups in total. The predicted octanol–water partition coefficient (Wildman–Crippen LogP) is 3.81. The van der Waals surface area contributed by atoms with E-state index in [2.05, 4.69) is 10.3 Å². The van der Waals surface area contributed by atoms with Gasteiger partial charge in [0.05, 0.1) is 15.5 Å². The molecule has 1 aliphatic heterocycles. The van der Waals surface area contributed by atoms with E-state index in [1.807, 2.05) is 32.0 Å². The summed E-state index contributed by atoms with van der Waals surface area (Å²) in [5, 5.41) is 23.6. The molecule has 2 aromatic carbocycles. The highest BCUT2D eigenvalue weighted by Crippen LogP contribution is 2.32. The van der Waals surface area contributed by atoms with Gasteiger partial charge in [-0.25, -0.2) is 4.99 Å². The molecule has 0 unspecified atom stereocenters. The fourth-order valence-corrected chi connectivity index (χ4v) is 3.21. The highest BCUT2D eigenvalue weighted by Gasteiger charge is 2.24. The van der Waals surface area contributed by atoms with Crippen molar-refractivity contribution in [1.29, 1.82) is 0 Å². The number of rotatable bonds is 3. The van der Waals surface area contributed by atoms with Crippen LogP contribution in [-0.4, -0.2) is 21.1 Å². The number of phenols is 1. The van der Waals surface area contributed by atoms with E-state index in [9.17, 15) is 20.0 Å². The Morgan fingerprint density at radius 2 is 2.04 bits per heavy atom. The Hall–Kier alpha value is -3.13. The van der Waals surface area contributed by atoms with Gasteiger partial charge in [0.15, 0.2) is 10.9 Å². The number of nitro benzene ring substituents is 1. The van der Waals surface area contributed by atoms with Gasteiger partial charge in [0, 0.05) is 6.07 Å². The largest absolute Gasteiger partial charge is 0.502 e. The fourth-order valence-electron chi connectivity index (χ4n) is 2.37. The molecule has 1 fully saturated rings. The average Bonchev–Trinajstić information content (AvgIpc) is 2.93. The number of aliphatic imine (C=N–C) groups is 1. The van der Waals surface area contributed by atoms with Crippen molar-refractivity contribution in [2.24, 2.45) is 4.99 Å². The SMILES string of the molecule is Cc1cccc(N=C2NC(=O)/C(=C/c3ccc(O)c([N+](=O)[O-])c3)S2)c1C. The molecule has 3 rings (SSSR count). The minimum Gasteiger partial charge on any atom is -0.502 e. The molecule has 7 nitrogen and oxygen atoms in total. The quantitative estimate of drug-likeness (QED) is 0.486. The molecule has 0 aromatic heterocycles. The maximum Gasteiger partial charge on any atom is 0.311 e. The van der Waals surface area contributed by atoms with Crippen LogP contribution in [0, 0.1) is 24.0 Å². The first-order valence-electron chi connectivity index (χ1n) is 7.68. The molecule has 26 heavy (non-hydrogen) atoms. The normalized spacial score (nSPS) is 16.9. The van der Waals surface area contributed by atoms with E-state index in [0.29, 0.717) is 15.6 Å². The summed E-state index contributed by atoms with van der Waals surface area (Å²) in [5.74, 6) is -0.743. The number of nitro groups is 1. The first-order valence-corrected chi connectivity index (χ1v) is 8.50. The molecule has 1 heterocycles. The van der Waals surface area contributed by atoms with Crippen molar-refractivity contribution in [3.8, 4) is 5.75 Å². The minimum atomic E-state index is -0.674. The van der Waals surface area contributed by atoms with Crippen LogP contribution in [0.25, 0.3) is 6.08 Å². The molecule has 8 heteroatoms. The Morgan fingerprint density at radius 3 is 2.77 bits per heavy atom. The zero-order valence-corrected chi connectivity index (χ0v) is 14.8. The number of nitrogens with zero attached hydrogens (tertiary/aromatic N) is 2. The molecule has 1 aliphatic rings. The van der Waals surface area contributed by atoms with Gasteiger partial charge in [-0.3, -0.25) is 14.9 Å². The van der Waals surface area contributed by atoms with Crippen molar-refractivity contribution in [2.45, 2.75) is 13.8 Å². The summed E-state index contributed by atoms with van der Waals surface area (Å²) >= 11 is 1.16. The standard InChI is InChI=1S/C18H15N3O4S/c1-10-4-3-5-13(11(10)2)19-18-20-17(23)16(26-18)9-12-6-7-15(22)14(8-12)21(24)25/h3-9,22H,1-2H3,(H,19,20,23)/b16-9-. The molecule has 132 valence electrons. The molecular formula is C18H15N3O4S. The second-order valence-corrected chi connectivity index (χ2v) is 6.74. The summed E-state index contributed by atoms with van der Waals surface area (Å²) in [4.78, 5) is 27.2. The Kier molecular flexibility index (Phi) is 4.77. The number of amidine groups is 1. The maximum absolute atomic E-state index is 12.2. The van der Waals surface area contributed by atoms with Gasteiger partial charge in [0.25, 0.3) is 5.91 Å². The Morgan fingerprint density at radius 1 is 1.27 bits per heavy atom. The first kappa shape index (κ1) is 17.7. The summed E-state index contributed by atoms with van der Waals surface area (Å²) in [6, 6.07) is 9.71. The molecule has 0 aliphatic carbocycles. The van der Waals surface area contributed by atoms with Gasteiger partial charge in [-0.05, 0) is 60.5 Å². The van der Waals surface area contributed by atoms with Gasteiger partial charge in [-0.1, -0.05) is 18.2 Å². The first-order chi connectivity index (χ1) is 12.3. The third-order valence-corrected chi connectivity index (χ3v) is 4.85. The van der Waals surface area contributed by atoms with Gasteiger partial charge in [-0.15, -0.1) is 0 Å². The summed E-state index contributed by atoms with van der Waals surface area (Å²) in [6.45, 7) is 3.95. The Bertz CT molecular complexity index is 982. The van der Waals surface area contributed by atoms with Crippen LogP contribution in [0.15, 0.2) is 46.3 Å². The summed E-state index contributed by atoms with van der Waals surface area (Å²) in [6.07, 6.45) is 1.53. The number of carbonyl (C=O) groups is 1. The third kappa shape index (κ3) is 3.60. The van der Waals surface area contributed by atoms with Crippen molar-refractivity contribution in [3.05, 3.63) is 68.1 Å². The number of aromatic hydroxyl groups is 1. The fraction of sp³-hybridized carbons (Fsp3) is 0.111. The number of nitrogens with one attached hydrogen (secondary N) is 1. The third-order valence-electron chi connectivity index (χ3n) is 3.94. The van der Waals surface area contributed by atoms with Crippen LogP contribution in [-0.2, 0) is 4.79 Å². The van der Waals surface area contributed by atoms with E-state index in [0.717, 1.165) is 28.6 Å². The van der Waals surface area contributed by atoms with Gasteiger partial charge in [0.2, 0.25) is 0 Å². The van der Waals surface area contributed by atoms with Crippen molar-refractivity contribution >= 4 is 40.3 Å². The Balaban J connectivity index is 1.89. The van der Waals surface area contributed by atoms with Gasteiger partial charge >= 0.3 is 5.69 Å². The van der Waals surface area contributed by atoms with Crippen LogP contribution >= 0.6 is 11.8 Å². The number of phenolic OH excluding ortho intramolecular Hbond substituents is 1. The van der Waals surface area contributed by atoms with Crippen LogP contribution in [0.2, 0.25) is 0 Å². The van der Waals surface area contributed by atoms with Crippen LogP contribution in [0.3, 0.4) is 0 Å². The minimum absolute atomic E-state index is 0.324. The molecule has 0 atom stereocenters. The lowest BCUT2D eigenvalue weighted by Crippen LogP contribution is -2.19. The monoisotopic (exact) mass is 369 g/mol. The lowest BCUT2D eigenvalue weighted by Gasteiger charge is -2.04. The smallest absolute Gasteiger partial charge is 0.311 e. The highest BCUT2D eigenvalue weighted by atomic mass is 32.2. The topological polar surface area (TPSA) is 105 Å². The molecule has 1 saturated heterocycles. The number of hydrogen-bond acceptors (Lipinski definition) is 6. The van der Waals surface area contributed by atoms with E-state index in [-0.39, 0.29) is 5.91 Å². The van der Waals surface area contributed by atoms with E-state index in [1.54, 1.807) is 0 Å². The van der Waals surface area contributed by atoms with Crippen LogP contribution < -0.4 is 5.32 Å². The molecule has 2 aromatic rings. The molecule has 0 bridgehead atoms. The molecule has 1 amide bonds. The predicted molar refractivity (Wildman–Crippen MR) is 101 cm³/mol. The van der Waals surface area contributed by atoms with E-state index >= 15 is 0 Å². The zero-order chi connectivity index (χ0) is 18.8. The second kappa shape index (κ2) is 7.01. The maximum atomic E-state index is 12.2. The average molecular weight is 369 g/mol. The van der Waals surface area contributed by atoms with Crippen molar-refractivity contribution in [1.82, 2.24) is 5.32 Å².